The number of hydrogen-bond donors (Lipinski definition) is 1. The molecule has 2 aromatic carbocycles. The summed E-state index contributed by atoms with van der Waals surface area (Å²) < 4.78 is 5.48. The van der Waals surface area contributed by atoms with E-state index in [1.165, 1.54) is 12.1 Å². The van der Waals surface area contributed by atoms with E-state index < -0.39 is 11.0 Å². The first-order valence-electron chi connectivity index (χ1n) is 6.58. The van der Waals surface area contributed by atoms with Crippen molar-refractivity contribution < 1.29 is 14.8 Å². The van der Waals surface area contributed by atoms with Gasteiger partial charge in [0.25, 0.3) is 5.69 Å². The summed E-state index contributed by atoms with van der Waals surface area (Å²) in [6.07, 6.45) is -0.883. The van der Waals surface area contributed by atoms with Crippen molar-refractivity contribution in [2.45, 2.75) is 13.0 Å². The molecule has 1 unspecified atom stereocenters. The van der Waals surface area contributed by atoms with Gasteiger partial charge in [-0.3, -0.25) is 10.1 Å². The zero-order chi connectivity index (χ0) is 16.1. The van der Waals surface area contributed by atoms with Crippen molar-refractivity contribution in [1.29, 1.82) is 5.26 Å². The van der Waals surface area contributed by atoms with E-state index in [1.54, 1.807) is 37.3 Å². The van der Waals surface area contributed by atoms with Crippen molar-refractivity contribution in [3.05, 3.63) is 69.3 Å². The molecule has 0 amide bonds. The highest BCUT2D eigenvalue weighted by Gasteiger charge is 2.15. The van der Waals surface area contributed by atoms with E-state index in [4.69, 9.17) is 10.00 Å². The van der Waals surface area contributed by atoms with Crippen molar-refractivity contribution >= 4 is 5.69 Å². The van der Waals surface area contributed by atoms with Gasteiger partial charge < -0.3 is 9.84 Å². The summed E-state index contributed by atoms with van der Waals surface area (Å²) in [5, 5.41) is 29.7. The maximum absolute atomic E-state index is 10.9. The number of nitriles is 1. The molecule has 1 N–H and O–H groups in total. The van der Waals surface area contributed by atoms with Crippen LogP contribution in [-0.2, 0) is 0 Å². The van der Waals surface area contributed by atoms with Gasteiger partial charge in [-0.1, -0.05) is 18.2 Å². The first-order valence-corrected chi connectivity index (χ1v) is 6.58. The highest BCUT2D eigenvalue weighted by Crippen LogP contribution is 2.27. The lowest BCUT2D eigenvalue weighted by Gasteiger charge is -2.14. The second-order valence-electron chi connectivity index (χ2n) is 4.72. The Morgan fingerprint density at radius 1 is 1.32 bits per heavy atom. The van der Waals surface area contributed by atoms with Crippen LogP contribution in [-0.4, -0.2) is 16.6 Å². The van der Waals surface area contributed by atoms with Gasteiger partial charge in [-0.05, 0) is 30.7 Å². The van der Waals surface area contributed by atoms with Crippen molar-refractivity contribution in [2.75, 3.05) is 6.61 Å². The molecule has 0 radical (unpaired) electrons. The van der Waals surface area contributed by atoms with E-state index >= 15 is 0 Å². The lowest BCUT2D eigenvalue weighted by atomic mass is 10.1. The Hall–Kier alpha value is -2.91. The number of benzene rings is 2. The van der Waals surface area contributed by atoms with Crippen LogP contribution in [0.5, 0.6) is 5.75 Å². The molecular formula is C16H14N2O4. The Kier molecular flexibility index (Phi) is 4.71. The molecule has 0 spiro atoms. The van der Waals surface area contributed by atoms with Gasteiger partial charge in [0.05, 0.1) is 22.1 Å². The van der Waals surface area contributed by atoms with Gasteiger partial charge in [0.1, 0.15) is 18.5 Å². The number of nitro groups is 1. The molecule has 2 rings (SSSR count). The average molecular weight is 298 g/mol. The number of aliphatic hydroxyl groups is 1. The normalized spacial score (nSPS) is 11.5. The molecule has 2 aromatic rings. The van der Waals surface area contributed by atoms with Crippen LogP contribution in [0.25, 0.3) is 0 Å². The Labute approximate surface area is 127 Å². The minimum atomic E-state index is -0.883. The van der Waals surface area contributed by atoms with Crippen LogP contribution in [0.2, 0.25) is 0 Å². The van der Waals surface area contributed by atoms with E-state index in [-0.39, 0.29) is 12.3 Å². The molecule has 0 aliphatic carbocycles. The highest BCUT2D eigenvalue weighted by molar-refractivity contribution is 5.48. The second-order valence-corrected chi connectivity index (χ2v) is 4.72. The Balaban J connectivity index is 2.08. The molecule has 0 bridgehead atoms. The maximum Gasteiger partial charge on any atom is 0.276 e. The third-order valence-electron chi connectivity index (χ3n) is 3.27. The van der Waals surface area contributed by atoms with E-state index in [2.05, 4.69) is 0 Å². The molecule has 0 aliphatic rings. The number of rotatable bonds is 5. The molecule has 0 heterocycles. The summed E-state index contributed by atoms with van der Waals surface area (Å²) in [6, 6.07) is 13.1. The standard InChI is InChI=1S/C16H14N2O4/c1-11-14(18(20)21)3-2-4-16(11)22-10-15(19)13-7-5-12(9-17)6-8-13/h2-8,15,19H,10H2,1H3. The predicted molar refractivity (Wildman–Crippen MR) is 79.4 cm³/mol. The van der Waals surface area contributed by atoms with E-state index in [0.717, 1.165) is 0 Å². The third-order valence-corrected chi connectivity index (χ3v) is 3.27. The summed E-state index contributed by atoms with van der Waals surface area (Å²) >= 11 is 0. The molecule has 22 heavy (non-hydrogen) atoms. The monoisotopic (exact) mass is 298 g/mol. The number of nitro benzene ring substituents is 1. The number of hydrogen-bond acceptors (Lipinski definition) is 5. The van der Waals surface area contributed by atoms with Crippen LogP contribution in [0.1, 0.15) is 22.8 Å². The molecule has 0 fully saturated rings. The first kappa shape index (κ1) is 15.5. The largest absolute Gasteiger partial charge is 0.490 e. The van der Waals surface area contributed by atoms with Crippen LogP contribution in [0.4, 0.5) is 5.69 Å². The Bertz CT molecular complexity index is 720. The molecule has 0 saturated carbocycles. The van der Waals surface area contributed by atoms with Gasteiger partial charge in [-0.25, -0.2) is 0 Å². The molecule has 0 aromatic heterocycles. The fraction of sp³-hybridized carbons (Fsp3) is 0.188. The average Bonchev–Trinajstić information content (AvgIpc) is 2.53. The van der Waals surface area contributed by atoms with Crippen LogP contribution in [0.3, 0.4) is 0 Å². The van der Waals surface area contributed by atoms with Crippen molar-refractivity contribution in [2.24, 2.45) is 0 Å². The van der Waals surface area contributed by atoms with Crippen LogP contribution < -0.4 is 4.74 Å². The third kappa shape index (κ3) is 3.40. The lowest BCUT2D eigenvalue weighted by molar-refractivity contribution is -0.385. The molecular weight excluding hydrogens is 284 g/mol. The minimum Gasteiger partial charge on any atom is -0.490 e. The van der Waals surface area contributed by atoms with Gasteiger partial charge in [0.2, 0.25) is 0 Å². The lowest BCUT2D eigenvalue weighted by Crippen LogP contribution is -2.10. The second kappa shape index (κ2) is 6.70. The van der Waals surface area contributed by atoms with Crippen molar-refractivity contribution in [3.8, 4) is 11.8 Å². The van der Waals surface area contributed by atoms with Gasteiger partial charge in [-0.2, -0.15) is 5.26 Å². The maximum atomic E-state index is 10.9. The fourth-order valence-electron chi connectivity index (χ4n) is 2.00. The molecule has 6 nitrogen and oxygen atoms in total. The molecule has 1 atom stereocenters. The van der Waals surface area contributed by atoms with E-state index in [9.17, 15) is 15.2 Å². The number of aliphatic hydroxyl groups excluding tert-OH is 1. The quantitative estimate of drug-likeness (QED) is 0.676. The number of nitrogens with zero attached hydrogens (tertiary/aromatic N) is 2. The summed E-state index contributed by atoms with van der Waals surface area (Å²) in [4.78, 5) is 10.4. The molecule has 6 heteroatoms. The van der Waals surface area contributed by atoms with Crippen LogP contribution in [0.15, 0.2) is 42.5 Å². The SMILES string of the molecule is Cc1c(OCC(O)c2ccc(C#N)cc2)cccc1[N+](=O)[O-]. The topological polar surface area (TPSA) is 96.4 Å². The summed E-state index contributed by atoms with van der Waals surface area (Å²) in [6.45, 7) is 1.56. The summed E-state index contributed by atoms with van der Waals surface area (Å²) in [5.41, 5.74) is 1.51. The van der Waals surface area contributed by atoms with E-state index in [1.807, 2.05) is 6.07 Å². The van der Waals surface area contributed by atoms with Crippen molar-refractivity contribution in [1.82, 2.24) is 0 Å². The van der Waals surface area contributed by atoms with Gasteiger partial charge in [0.15, 0.2) is 0 Å². The fourth-order valence-corrected chi connectivity index (χ4v) is 2.00. The zero-order valence-corrected chi connectivity index (χ0v) is 11.9. The summed E-state index contributed by atoms with van der Waals surface area (Å²) in [5.74, 6) is 0.363. The molecule has 0 aliphatic heterocycles. The molecule has 0 saturated heterocycles. The van der Waals surface area contributed by atoms with Gasteiger partial charge in [0, 0.05) is 6.07 Å². The Morgan fingerprint density at radius 2 is 2.00 bits per heavy atom. The van der Waals surface area contributed by atoms with E-state index in [0.29, 0.717) is 22.4 Å². The number of ether oxygens (including phenoxy) is 1. The van der Waals surface area contributed by atoms with Gasteiger partial charge >= 0.3 is 0 Å². The first-order chi connectivity index (χ1) is 10.5. The van der Waals surface area contributed by atoms with Crippen LogP contribution in [0, 0.1) is 28.4 Å². The zero-order valence-electron chi connectivity index (χ0n) is 11.9. The predicted octanol–water partition coefficient (Wildman–Crippen LogP) is 2.89. The van der Waals surface area contributed by atoms with Crippen molar-refractivity contribution in [3.63, 3.8) is 0 Å². The molecule has 112 valence electrons. The van der Waals surface area contributed by atoms with Crippen LogP contribution >= 0.6 is 0 Å². The van der Waals surface area contributed by atoms with Gasteiger partial charge in [-0.15, -0.1) is 0 Å². The summed E-state index contributed by atoms with van der Waals surface area (Å²) in [7, 11) is 0. The minimum absolute atomic E-state index is 0.0228. The highest BCUT2D eigenvalue weighted by atomic mass is 16.6. The Morgan fingerprint density at radius 3 is 2.59 bits per heavy atom. The smallest absolute Gasteiger partial charge is 0.276 e.